The third kappa shape index (κ3) is 3.29. The predicted molar refractivity (Wildman–Crippen MR) is 90.7 cm³/mol. The second-order valence-electron chi connectivity index (χ2n) is 5.49. The van der Waals surface area contributed by atoms with Crippen LogP contribution in [0.2, 0.25) is 0 Å². The maximum Gasteiger partial charge on any atom is 0.231 e. The Labute approximate surface area is 139 Å². The number of anilines is 1. The van der Waals surface area contributed by atoms with Gasteiger partial charge < -0.3 is 14.6 Å². The highest BCUT2D eigenvalue weighted by molar-refractivity contribution is 5.91. The van der Waals surface area contributed by atoms with Crippen LogP contribution in [0.1, 0.15) is 5.69 Å². The summed E-state index contributed by atoms with van der Waals surface area (Å²) in [5.41, 5.74) is 2.55. The fourth-order valence-electron chi connectivity index (χ4n) is 2.41. The van der Waals surface area contributed by atoms with Gasteiger partial charge in [-0.2, -0.15) is 5.10 Å². The fourth-order valence-corrected chi connectivity index (χ4v) is 2.41. The van der Waals surface area contributed by atoms with E-state index in [-0.39, 0.29) is 12.3 Å². The Balaban J connectivity index is 1.76. The fraction of sp³-hybridized carbons (Fsp3) is 0.235. The number of methoxy groups -OCH3 is 1. The van der Waals surface area contributed by atoms with Crippen LogP contribution in [0.25, 0.3) is 11.3 Å². The van der Waals surface area contributed by atoms with E-state index in [9.17, 15) is 4.79 Å². The molecule has 0 saturated carbocycles. The van der Waals surface area contributed by atoms with Crippen LogP contribution < -0.4 is 10.1 Å². The summed E-state index contributed by atoms with van der Waals surface area (Å²) in [5, 5.41) is 7.34. The van der Waals surface area contributed by atoms with Gasteiger partial charge in [0.2, 0.25) is 5.91 Å². The van der Waals surface area contributed by atoms with Crippen molar-refractivity contribution in [3.63, 3.8) is 0 Å². The molecular weight excluding hydrogens is 306 g/mol. The van der Waals surface area contributed by atoms with Crippen molar-refractivity contribution in [2.75, 3.05) is 12.4 Å². The minimum atomic E-state index is -0.112. The lowest BCUT2D eigenvalue weighted by atomic mass is 10.1. The molecule has 124 valence electrons. The first-order valence-electron chi connectivity index (χ1n) is 7.50. The molecule has 0 unspecified atom stereocenters. The minimum absolute atomic E-state index is 0.112. The molecule has 0 aliphatic carbocycles. The van der Waals surface area contributed by atoms with Gasteiger partial charge in [-0.25, -0.2) is 4.98 Å². The number of carbonyl (C=O) groups excluding carboxylic acids is 1. The molecule has 1 aromatic carbocycles. The lowest BCUT2D eigenvalue weighted by molar-refractivity contribution is -0.115. The van der Waals surface area contributed by atoms with E-state index in [1.807, 2.05) is 41.9 Å². The van der Waals surface area contributed by atoms with Gasteiger partial charge in [-0.05, 0) is 12.1 Å². The summed E-state index contributed by atoms with van der Waals surface area (Å²) in [4.78, 5) is 16.2. The Morgan fingerprint density at radius 3 is 2.83 bits per heavy atom. The third-order valence-corrected chi connectivity index (χ3v) is 3.77. The second kappa shape index (κ2) is 6.57. The number of benzene rings is 1. The van der Waals surface area contributed by atoms with E-state index in [1.165, 1.54) is 0 Å². The van der Waals surface area contributed by atoms with Crippen LogP contribution in [0, 0.1) is 0 Å². The summed E-state index contributed by atoms with van der Waals surface area (Å²) in [6.45, 7) is 0. The van der Waals surface area contributed by atoms with Gasteiger partial charge in [-0.3, -0.25) is 9.48 Å². The molecule has 0 radical (unpaired) electrons. The summed E-state index contributed by atoms with van der Waals surface area (Å²) in [6.07, 6.45) is 3.62. The van der Waals surface area contributed by atoms with E-state index < -0.39 is 0 Å². The molecule has 0 bridgehead atoms. The summed E-state index contributed by atoms with van der Waals surface area (Å²) in [7, 11) is 5.28. The van der Waals surface area contributed by atoms with Crippen LogP contribution in [0.5, 0.6) is 5.75 Å². The Bertz CT molecular complexity index is 866. The summed E-state index contributed by atoms with van der Waals surface area (Å²) in [6, 6.07) is 9.48. The number of rotatable bonds is 5. The number of amides is 1. The molecule has 3 aromatic rings. The van der Waals surface area contributed by atoms with Crippen molar-refractivity contribution in [2.45, 2.75) is 6.42 Å². The second-order valence-corrected chi connectivity index (χ2v) is 5.49. The third-order valence-electron chi connectivity index (χ3n) is 3.77. The molecule has 0 fully saturated rings. The normalized spacial score (nSPS) is 10.6. The number of nitrogens with one attached hydrogen (secondary N) is 1. The van der Waals surface area contributed by atoms with E-state index >= 15 is 0 Å². The van der Waals surface area contributed by atoms with Crippen molar-refractivity contribution >= 4 is 11.7 Å². The molecule has 1 N–H and O–H groups in total. The van der Waals surface area contributed by atoms with Crippen molar-refractivity contribution in [3.05, 3.63) is 48.5 Å². The standard InChI is InChI=1S/C17H19N5O2/c1-21-11-18-10-13(21)8-17(23)19-16-9-15(20-22(16)2)12-5-4-6-14(7-12)24-3/h4-7,9-11H,8H2,1-3H3,(H,19,23). The monoisotopic (exact) mass is 325 g/mol. The molecule has 0 aliphatic rings. The first kappa shape index (κ1) is 15.8. The van der Waals surface area contributed by atoms with Crippen molar-refractivity contribution in [1.82, 2.24) is 19.3 Å². The zero-order chi connectivity index (χ0) is 17.1. The maximum atomic E-state index is 12.2. The number of nitrogens with zero attached hydrogens (tertiary/aromatic N) is 4. The van der Waals surface area contributed by atoms with E-state index in [4.69, 9.17) is 4.74 Å². The first-order chi connectivity index (χ1) is 11.6. The van der Waals surface area contributed by atoms with Crippen molar-refractivity contribution in [2.24, 2.45) is 14.1 Å². The molecule has 1 amide bonds. The molecule has 0 saturated heterocycles. The molecule has 24 heavy (non-hydrogen) atoms. The maximum absolute atomic E-state index is 12.2. The van der Waals surface area contributed by atoms with Crippen molar-refractivity contribution in [1.29, 1.82) is 0 Å². The number of hydrogen-bond acceptors (Lipinski definition) is 4. The molecule has 0 spiro atoms. The number of aryl methyl sites for hydroxylation is 2. The molecule has 0 atom stereocenters. The molecule has 7 nitrogen and oxygen atoms in total. The number of imidazole rings is 1. The summed E-state index contributed by atoms with van der Waals surface area (Å²) in [5.74, 6) is 1.29. The number of ether oxygens (including phenoxy) is 1. The Morgan fingerprint density at radius 1 is 1.29 bits per heavy atom. The number of carbonyl (C=O) groups is 1. The van der Waals surface area contributed by atoms with Gasteiger partial charge in [-0.1, -0.05) is 12.1 Å². The van der Waals surface area contributed by atoms with Crippen LogP contribution in [0.15, 0.2) is 42.9 Å². The van der Waals surface area contributed by atoms with Gasteiger partial charge in [0.15, 0.2) is 0 Å². The number of hydrogen-bond donors (Lipinski definition) is 1. The SMILES string of the molecule is COc1cccc(-c2cc(NC(=O)Cc3cncn3C)n(C)n2)c1. The summed E-state index contributed by atoms with van der Waals surface area (Å²) < 4.78 is 8.71. The van der Waals surface area contributed by atoms with Gasteiger partial charge >= 0.3 is 0 Å². The lowest BCUT2D eigenvalue weighted by Gasteiger charge is -2.05. The van der Waals surface area contributed by atoms with E-state index in [0.29, 0.717) is 5.82 Å². The van der Waals surface area contributed by atoms with E-state index in [2.05, 4.69) is 15.4 Å². The van der Waals surface area contributed by atoms with E-state index in [0.717, 1.165) is 22.7 Å². The van der Waals surface area contributed by atoms with Crippen LogP contribution in [0.3, 0.4) is 0 Å². The van der Waals surface area contributed by atoms with Gasteiger partial charge in [0.25, 0.3) is 0 Å². The highest BCUT2D eigenvalue weighted by Crippen LogP contribution is 2.25. The highest BCUT2D eigenvalue weighted by Gasteiger charge is 2.12. The topological polar surface area (TPSA) is 74.0 Å². The molecule has 2 aromatic heterocycles. The van der Waals surface area contributed by atoms with Crippen LogP contribution in [0.4, 0.5) is 5.82 Å². The molecular formula is C17H19N5O2. The zero-order valence-electron chi connectivity index (χ0n) is 13.9. The van der Waals surface area contributed by atoms with Crippen molar-refractivity contribution < 1.29 is 9.53 Å². The Morgan fingerprint density at radius 2 is 2.12 bits per heavy atom. The van der Waals surface area contributed by atoms with Gasteiger partial charge in [0.1, 0.15) is 11.6 Å². The van der Waals surface area contributed by atoms with Crippen LogP contribution in [-0.4, -0.2) is 32.3 Å². The van der Waals surface area contributed by atoms with Crippen LogP contribution >= 0.6 is 0 Å². The van der Waals surface area contributed by atoms with Crippen LogP contribution in [-0.2, 0) is 25.3 Å². The Hall–Kier alpha value is -3.09. The minimum Gasteiger partial charge on any atom is -0.497 e. The molecule has 2 heterocycles. The smallest absolute Gasteiger partial charge is 0.231 e. The van der Waals surface area contributed by atoms with Gasteiger partial charge in [0.05, 0.1) is 25.6 Å². The van der Waals surface area contributed by atoms with Crippen molar-refractivity contribution in [3.8, 4) is 17.0 Å². The van der Waals surface area contributed by atoms with E-state index in [1.54, 1.807) is 31.4 Å². The lowest BCUT2D eigenvalue weighted by Crippen LogP contribution is -2.17. The largest absolute Gasteiger partial charge is 0.497 e. The number of aromatic nitrogens is 4. The molecule has 7 heteroatoms. The quantitative estimate of drug-likeness (QED) is 0.779. The predicted octanol–water partition coefficient (Wildman–Crippen LogP) is 2.01. The molecule has 0 aliphatic heterocycles. The first-order valence-corrected chi connectivity index (χ1v) is 7.50. The zero-order valence-corrected chi connectivity index (χ0v) is 13.9. The average Bonchev–Trinajstić information content (AvgIpc) is 3.14. The average molecular weight is 325 g/mol. The highest BCUT2D eigenvalue weighted by atomic mass is 16.5. The van der Waals surface area contributed by atoms with Gasteiger partial charge in [-0.15, -0.1) is 0 Å². The molecule has 3 rings (SSSR count). The van der Waals surface area contributed by atoms with Gasteiger partial charge in [0, 0.05) is 37.6 Å². The Kier molecular flexibility index (Phi) is 4.33. The summed E-state index contributed by atoms with van der Waals surface area (Å²) >= 11 is 0.